The molecule has 9 heteroatoms. The molecule has 0 radical (unpaired) electrons. The summed E-state index contributed by atoms with van der Waals surface area (Å²) < 4.78 is 39.0. The van der Waals surface area contributed by atoms with Crippen molar-refractivity contribution in [2.75, 3.05) is 0 Å². The number of amides is 1. The molecule has 1 amide bonds. The van der Waals surface area contributed by atoms with Gasteiger partial charge in [0.25, 0.3) is 0 Å². The van der Waals surface area contributed by atoms with Gasteiger partial charge >= 0.3 is 24.0 Å². The maximum Gasteiger partial charge on any atom is 0.472 e. The zero-order chi connectivity index (χ0) is 11.6. The molecule has 1 rings (SSSR count). The van der Waals surface area contributed by atoms with Crippen LogP contribution in [0.15, 0.2) is 0 Å². The topological polar surface area (TPSA) is 84.5 Å². The molecule has 0 bridgehead atoms. The van der Waals surface area contributed by atoms with Crippen molar-refractivity contribution in [2.45, 2.75) is 18.6 Å². The Bertz CT molecular complexity index is 314. The van der Waals surface area contributed by atoms with Crippen molar-refractivity contribution in [1.29, 1.82) is 0 Å². The number of halogens is 3. The van der Waals surface area contributed by atoms with E-state index in [0.717, 1.165) is 0 Å². The first-order valence-electron chi connectivity index (χ1n) is 3.68. The van der Waals surface area contributed by atoms with Crippen molar-refractivity contribution in [3.05, 3.63) is 0 Å². The van der Waals surface area contributed by atoms with Gasteiger partial charge in [-0.1, -0.05) is 0 Å². The molecular formula is C6H5F3N2O4. The van der Waals surface area contributed by atoms with Crippen LogP contribution >= 0.6 is 0 Å². The van der Waals surface area contributed by atoms with Crippen LogP contribution in [-0.2, 0) is 19.1 Å². The molecule has 1 atom stereocenters. The lowest BCUT2D eigenvalue weighted by atomic mass is 10.3. The van der Waals surface area contributed by atoms with Crippen LogP contribution in [0, 0.1) is 0 Å². The van der Waals surface area contributed by atoms with E-state index in [1.807, 2.05) is 0 Å². The zero-order valence-electron chi connectivity index (χ0n) is 7.05. The van der Waals surface area contributed by atoms with E-state index in [0.29, 0.717) is 0 Å². The maximum atomic E-state index is 11.7. The van der Waals surface area contributed by atoms with Gasteiger partial charge in [0.05, 0.1) is 6.42 Å². The second-order valence-electron chi connectivity index (χ2n) is 2.65. The summed E-state index contributed by atoms with van der Waals surface area (Å²) in [7, 11) is 0. The second kappa shape index (κ2) is 3.85. The van der Waals surface area contributed by atoms with Crippen LogP contribution in [0.4, 0.5) is 13.2 Å². The highest BCUT2D eigenvalue weighted by Gasteiger charge is 2.40. The third kappa shape index (κ3) is 2.91. The van der Waals surface area contributed by atoms with Gasteiger partial charge < -0.3 is 4.74 Å². The number of cyclic esters (lactones) is 2. The summed E-state index contributed by atoms with van der Waals surface area (Å²) in [6.07, 6.45) is -5.48. The van der Waals surface area contributed by atoms with Crippen molar-refractivity contribution >= 4 is 17.8 Å². The number of carbonyl (C=O) groups is 3. The number of hydrazine groups is 1. The third-order valence-corrected chi connectivity index (χ3v) is 1.49. The van der Waals surface area contributed by atoms with Gasteiger partial charge in [-0.15, -0.1) is 0 Å². The minimum atomic E-state index is -5.06. The quantitative estimate of drug-likeness (QED) is 0.359. The fourth-order valence-corrected chi connectivity index (χ4v) is 0.808. The molecule has 6 nitrogen and oxygen atoms in total. The fourth-order valence-electron chi connectivity index (χ4n) is 0.808. The van der Waals surface area contributed by atoms with Gasteiger partial charge in [0.1, 0.15) is 6.04 Å². The van der Waals surface area contributed by atoms with E-state index >= 15 is 0 Å². The summed E-state index contributed by atoms with van der Waals surface area (Å²) in [5, 5.41) is 0. The van der Waals surface area contributed by atoms with Crippen LogP contribution in [0.2, 0.25) is 0 Å². The number of rotatable bonds is 2. The first kappa shape index (κ1) is 11.4. The van der Waals surface area contributed by atoms with E-state index in [2.05, 4.69) is 4.74 Å². The van der Waals surface area contributed by atoms with Gasteiger partial charge in [-0.2, -0.15) is 13.2 Å². The Labute approximate surface area is 80.7 Å². The molecule has 15 heavy (non-hydrogen) atoms. The summed E-state index contributed by atoms with van der Waals surface area (Å²) in [6, 6.07) is -1.27. The lowest BCUT2D eigenvalue weighted by Crippen LogP contribution is -2.50. The van der Waals surface area contributed by atoms with Gasteiger partial charge in [0, 0.05) is 0 Å². The Morgan fingerprint density at radius 1 is 1.40 bits per heavy atom. The SMILES string of the molecule is O=C1CC(NNC(=O)C(F)(F)F)C(=O)O1. The van der Waals surface area contributed by atoms with E-state index in [1.165, 1.54) is 5.43 Å². The molecule has 1 fully saturated rings. The van der Waals surface area contributed by atoms with Crippen molar-refractivity contribution < 1.29 is 32.3 Å². The molecule has 0 aromatic rings. The molecule has 0 aliphatic carbocycles. The number of hydrogen-bond acceptors (Lipinski definition) is 5. The summed E-state index contributed by atoms with van der Waals surface area (Å²) >= 11 is 0. The molecular weight excluding hydrogens is 221 g/mol. The van der Waals surface area contributed by atoms with E-state index in [1.54, 1.807) is 5.43 Å². The maximum absolute atomic E-state index is 11.7. The van der Waals surface area contributed by atoms with Crippen molar-refractivity contribution in [1.82, 2.24) is 10.9 Å². The predicted molar refractivity (Wildman–Crippen MR) is 36.8 cm³/mol. The van der Waals surface area contributed by atoms with Gasteiger partial charge in [-0.3, -0.25) is 15.0 Å². The van der Waals surface area contributed by atoms with Crippen molar-refractivity contribution in [3.8, 4) is 0 Å². The van der Waals surface area contributed by atoms with Crippen LogP contribution in [0.5, 0.6) is 0 Å². The number of esters is 2. The van der Waals surface area contributed by atoms with Gasteiger partial charge in [0.15, 0.2) is 0 Å². The smallest absolute Gasteiger partial charge is 0.392 e. The average Bonchev–Trinajstić information content (AvgIpc) is 2.39. The van der Waals surface area contributed by atoms with Crippen molar-refractivity contribution in [3.63, 3.8) is 0 Å². The molecule has 1 saturated heterocycles. The molecule has 1 unspecified atom stereocenters. The fraction of sp³-hybridized carbons (Fsp3) is 0.500. The third-order valence-electron chi connectivity index (χ3n) is 1.49. The van der Waals surface area contributed by atoms with Crippen LogP contribution < -0.4 is 10.9 Å². The normalized spacial score (nSPS) is 21.4. The van der Waals surface area contributed by atoms with E-state index in [9.17, 15) is 27.6 Å². The number of carbonyl (C=O) groups excluding carboxylic acids is 3. The lowest BCUT2D eigenvalue weighted by Gasteiger charge is -2.10. The van der Waals surface area contributed by atoms with Gasteiger partial charge in [-0.25, -0.2) is 10.2 Å². The predicted octanol–water partition coefficient (Wildman–Crippen LogP) is -0.988. The number of ether oxygens (including phenoxy) is 1. The summed E-state index contributed by atoms with van der Waals surface area (Å²) in [4.78, 5) is 31.5. The highest BCUT2D eigenvalue weighted by atomic mass is 19.4. The monoisotopic (exact) mass is 226 g/mol. The Hall–Kier alpha value is -1.64. The number of hydrogen-bond donors (Lipinski definition) is 2. The molecule has 1 aliphatic rings. The molecule has 0 aromatic heterocycles. The summed E-state index contributed by atoms with van der Waals surface area (Å²) in [5.74, 6) is -4.14. The summed E-state index contributed by atoms with van der Waals surface area (Å²) in [6.45, 7) is 0. The molecule has 1 heterocycles. The number of nitrogens with one attached hydrogen (secondary N) is 2. The Morgan fingerprint density at radius 3 is 2.40 bits per heavy atom. The van der Waals surface area contributed by atoms with Crippen molar-refractivity contribution in [2.24, 2.45) is 0 Å². The number of alkyl halides is 3. The van der Waals surface area contributed by atoms with Crippen LogP contribution in [0.1, 0.15) is 6.42 Å². The Morgan fingerprint density at radius 2 is 2.00 bits per heavy atom. The van der Waals surface area contributed by atoms with Gasteiger partial charge in [0.2, 0.25) is 0 Å². The summed E-state index contributed by atoms with van der Waals surface area (Å²) in [5.41, 5.74) is 3.00. The molecule has 2 N–H and O–H groups in total. The zero-order valence-corrected chi connectivity index (χ0v) is 7.05. The molecule has 1 aliphatic heterocycles. The molecule has 0 saturated carbocycles. The molecule has 0 aromatic carbocycles. The second-order valence-corrected chi connectivity index (χ2v) is 2.65. The highest BCUT2D eigenvalue weighted by molar-refractivity contribution is 5.97. The lowest BCUT2D eigenvalue weighted by molar-refractivity contribution is -0.175. The highest BCUT2D eigenvalue weighted by Crippen LogP contribution is 2.14. The van der Waals surface area contributed by atoms with Crippen LogP contribution in [0.25, 0.3) is 0 Å². The standard InChI is InChI=1S/C6H5F3N2O4/c7-6(8,9)5(14)11-10-2-1-3(12)15-4(2)13/h2,10H,1H2,(H,11,14). The minimum Gasteiger partial charge on any atom is -0.392 e. The van der Waals surface area contributed by atoms with E-state index in [-0.39, 0.29) is 0 Å². The molecule has 0 spiro atoms. The Balaban J connectivity index is 2.42. The minimum absolute atomic E-state index is 0.420. The van der Waals surface area contributed by atoms with Gasteiger partial charge in [-0.05, 0) is 0 Å². The first-order valence-corrected chi connectivity index (χ1v) is 3.68. The largest absolute Gasteiger partial charge is 0.472 e. The first-order chi connectivity index (χ1) is 6.80. The van der Waals surface area contributed by atoms with Crippen LogP contribution in [0.3, 0.4) is 0 Å². The van der Waals surface area contributed by atoms with E-state index in [4.69, 9.17) is 0 Å². The Kier molecular flexibility index (Phi) is 2.93. The molecule has 84 valence electrons. The van der Waals surface area contributed by atoms with Crippen LogP contribution in [-0.4, -0.2) is 30.1 Å². The van der Waals surface area contributed by atoms with E-state index < -0.39 is 36.5 Å². The average molecular weight is 226 g/mol.